The summed E-state index contributed by atoms with van der Waals surface area (Å²) in [5, 5.41) is 0. The van der Waals surface area contributed by atoms with Crippen molar-refractivity contribution in [3.05, 3.63) is 66.2 Å². The lowest BCUT2D eigenvalue weighted by Gasteiger charge is -2.25. The van der Waals surface area contributed by atoms with E-state index in [4.69, 9.17) is 0 Å². The Hall–Kier alpha value is -1.80. The van der Waals surface area contributed by atoms with Gasteiger partial charge in [-0.15, -0.1) is 0 Å². The monoisotopic (exact) mass is 320 g/mol. The van der Waals surface area contributed by atoms with Gasteiger partial charge in [-0.2, -0.15) is 0 Å². The first kappa shape index (κ1) is 15.7. The normalized spacial score (nSPS) is 24.1. The van der Waals surface area contributed by atoms with Crippen molar-refractivity contribution in [2.45, 2.75) is 25.7 Å². The molecule has 2 heterocycles. The van der Waals surface area contributed by atoms with E-state index in [1.807, 2.05) is 0 Å². The highest BCUT2D eigenvalue weighted by atomic mass is 15.2. The number of anilines is 1. The summed E-state index contributed by atoms with van der Waals surface area (Å²) in [6.07, 6.45) is 5.22. The van der Waals surface area contributed by atoms with E-state index in [9.17, 15) is 0 Å². The van der Waals surface area contributed by atoms with Crippen molar-refractivity contribution >= 4 is 5.69 Å². The predicted molar refractivity (Wildman–Crippen MR) is 102 cm³/mol. The van der Waals surface area contributed by atoms with Crippen molar-refractivity contribution < 1.29 is 0 Å². The molecule has 1 spiro atoms. The van der Waals surface area contributed by atoms with Crippen molar-refractivity contribution in [2.75, 3.05) is 37.6 Å². The Kier molecular flexibility index (Phi) is 4.57. The van der Waals surface area contributed by atoms with E-state index in [0.717, 1.165) is 0 Å². The standard InChI is InChI=1S/C22H28N2/c1-3-8-20(9-4-1)10-7-15-23-16-13-22(18-23)14-17-24(19-22)21-11-5-2-6-12-21/h1-6,8-9,11-12H,7,10,13-19H2. The van der Waals surface area contributed by atoms with E-state index < -0.39 is 0 Å². The van der Waals surface area contributed by atoms with Crippen LogP contribution in [0.5, 0.6) is 0 Å². The molecule has 1 unspecified atom stereocenters. The maximum absolute atomic E-state index is 2.71. The van der Waals surface area contributed by atoms with E-state index in [1.165, 1.54) is 69.7 Å². The summed E-state index contributed by atoms with van der Waals surface area (Å²) >= 11 is 0. The van der Waals surface area contributed by atoms with Gasteiger partial charge in [-0.3, -0.25) is 0 Å². The minimum Gasteiger partial charge on any atom is -0.371 e. The van der Waals surface area contributed by atoms with Gasteiger partial charge >= 0.3 is 0 Å². The Balaban J connectivity index is 1.27. The fourth-order valence-corrected chi connectivity index (χ4v) is 4.50. The molecule has 2 saturated heterocycles. The first-order valence-corrected chi connectivity index (χ1v) is 9.39. The van der Waals surface area contributed by atoms with Crippen LogP contribution < -0.4 is 4.90 Å². The molecule has 2 aliphatic heterocycles. The van der Waals surface area contributed by atoms with Gasteiger partial charge in [-0.1, -0.05) is 48.5 Å². The van der Waals surface area contributed by atoms with Crippen LogP contribution in [0.3, 0.4) is 0 Å². The minimum absolute atomic E-state index is 0.544. The second kappa shape index (κ2) is 6.98. The number of hydrogen-bond acceptors (Lipinski definition) is 2. The first-order valence-electron chi connectivity index (χ1n) is 9.39. The SMILES string of the molecule is c1ccc(CCCN2CCC3(CCN(c4ccccc4)C3)C2)cc1. The molecule has 0 N–H and O–H groups in total. The summed E-state index contributed by atoms with van der Waals surface area (Å²) in [7, 11) is 0. The number of nitrogens with zero attached hydrogens (tertiary/aromatic N) is 2. The molecule has 0 radical (unpaired) electrons. The van der Waals surface area contributed by atoms with Gasteiger partial charge in [0.25, 0.3) is 0 Å². The van der Waals surface area contributed by atoms with Crippen molar-refractivity contribution in [1.29, 1.82) is 0 Å². The summed E-state index contributed by atoms with van der Waals surface area (Å²) in [5.74, 6) is 0. The summed E-state index contributed by atoms with van der Waals surface area (Å²) < 4.78 is 0. The third kappa shape index (κ3) is 3.49. The zero-order valence-electron chi connectivity index (χ0n) is 14.5. The molecular weight excluding hydrogens is 292 g/mol. The Morgan fingerprint density at radius 1 is 0.792 bits per heavy atom. The molecule has 126 valence electrons. The molecule has 1 atom stereocenters. The van der Waals surface area contributed by atoms with Gasteiger partial charge in [-0.05, 0) is 56.5 Å². The maximum Gasteiger partial charge on any atom is 0.0366 e. The average Bonchev–Trinajstić information content (AvgIpc) is 3.24. The number of para-hydroxylation sites is 1. The number of rotatable bonds is 5. The maximum atomic E-state index is 2.71. The lowest BCUT2D eigenvalue weighted by Crippen LogP contribution is -2.31. The van der Waals surface area contributed by atoms with Crippen LogP contribution in [-0.4, -0.2) is 37.6 Å². The first-order chi connectivity index (χ1) is 11.8. The summed E-state index contributed by atoms with van der Waals surface area (Å²) in [5.41, 5.74) is 3.42. The Morgan fingerprint density at radius 3 is 2.29 bits per heavy atom. The van der Waals surface area contributed by atoms with Crippen molar-refractivity contribution in [3.8, 4) is 0 Å². The molecule has 2 fully saturated rings. The molecule has 0 aromatic heterocycles. The van der Waals surface area contributed by atoms with Crippen LogP contribution in [0, 0.1) is 5.41 Å². The summed E-state index contributed by atoms with van der Waals surface area (Å²) in [6, 6.07) is 21.8. The Labute approximate surface area is 146 Å². The Bertz CT molecular complexity index is 640. The third-order valence-electron chi connectivity index (χ3n) is 5.86. The van der Waals surface area contributed by atoms with Crippen LogP contribution in [0.4, 0.5) is 5.69 Å². The van der Waals surface area contributed by atoms with Crippen LogP contribution in [0.15, 0.2) is 60.7 Å². The number of likely N-dealkylation sites (tertiary alicyclic amines) is 1. The minimum atomic E-state index is 0.544. The van der Waals surface area contributed by atoms with Gasteiger partial charge in [-0.25, -0.2) is 0 Å². The molecule has 2 aromatic carbocycles. The van der Waals surface area contributed by atoms with Gasteiger partial charge in [0, 0.05) is 30.7 Å². The van der Waals surface area contributed by atoms with E-state index in [0.29, 0.717) is 5.41 Å². The molecule has 0 aliphatic carbocycles. The fourth-order valence-electron chi connectivity index (χ4n) is 4.50. The van der Waals surface area contributed by atoms with Crippen LogP contribution in [0.2, 0.25) is 0 Å². The van der Waals surface area contributed by atoms with E-state index in [-0.39, 0.29) is 0 Å². The second-order valence-electron chi connectivity index (χ2n) is 7.62. The van der Waals surface area contributed by atoms with Crippen LogP contribution >= 0.6 is 0 Å². The molecule has 24 heavy (non-hydrogen) atoms. The molecular formula is C22H28N2. The van der Waals surface area contributed by atoms with Crippen molar-refractivity contribution in [1.82, 2.24) is 4.90 Å². The molecule has 0 amide bonds. The topological polar surface area (TPSA) is 6.48 Å². The van der Waals surface area contributed by atoms with Gasteiger partial charge in [0.05, 0.1) is 0 Å². The molecule has 0 saturated carbocycles. The third-order valence-corrected chi connectivity index (χ3v) is 5.86. The van der Waals surface area contributed by atoms with Crippen molar-refractivity contribution in [2.24, 2.45) is 5.41 Å². The lowest BCUT2D eigenvalue weighted by molar-refractivity contribution is 0.274. The molecule has 0 bridgehead atoms. The second-order valence-corrected chi connectivity index (χ2v) is 7.62. The molecule has 2 nitrogen and oxygen atoms in total. The van der Waals surface area contributed by atoms with Gasteiger partial charge in [0.1, 0.15) is 0 Å². The Morgan fingerprint density at radius 2 is 1.50 bits per heavy atom. The highest BCUT2D eigenvalue weighted by Crippen LogP contribution is 2.41. The quantitative estimate of drug-likeness (QED) is 0.814. The number of benzene rings is 2. The zero-order valence-corrected chi connectivity index (χ0v) is 14.5. The lowest BCUT2D eigenvalue weighted by atomic mass is 9.86. The zero-order chi connectivity index (χ0) is 16.2. The van der Waals surface area contributed by atoms with E-state index in [2.05, 4.69) is 70.5 Å². The molecule has 2 aliphatic rings. The molecule has 2 heteroatoms. The van der Waals surface area contributed by atoms with Crippen molar-refractivity contribution in [3.63, 3.8) is 0 Å². The number of hydrogen-bond donors (Lipinski definition) is 0. The fraction of sp³-hybridized carbons (Fsp3) is 0.455. The summed E-state index contributed by atoms with van der Waals surface area (Å²) in [6.45, 7) is 6.30. The van der Waals surface area contributed by atoms with Crippen LogP contribution in [0.25, 0.3) is 0 Å². The highest BCUT2D eigenvalue weighted by Gasteiger charge is 2.43. The van der Waals surface area contributed by atoms with E-state index in [1.54, 1.807) is 0 Å². The smallest absolute Gasteiger partial charge is 0.0366 e. The van der Waals surface area contributed by atoms with E-state index >= 15 is 0 Å². The van der Waals surface area contributed by atoms with Gasteiger partial charge in [0.2, 0.25) is 0 Å². The molecule has 2 aromatic rings. The van der Waals surface area contributed by atoms with Crippen LogP contribution in [0.1, 0.15) is 24.8 Å². The molecule has 4 rings (SSSR count). The number of aryl methyl sites for hydroxylation is 1. The largest absolute Gasteiger partial charge is 0.371 e. The highest BCUT2D eigenvalue weighted by molar-refractivity contribution is 5.47. The average molecular weight is 320 g/mol. The predicted octanol–water partition coefficient (Wildman–Crippen LogP) is 4.22. The van der Waals surface area contributed by atoms with Crippen LogP contribution in [-0.2, 0) is 6.42 Å². The summed E-state index contributed by atoms with van der Waals surface area (Å²) in [4.78, 5) is 5.30. The van der Waals surface area contributed by atoms with Gasteiger partial charge in [0.15, 0.2) is 0 Å². The van der Waals surface area contributed by atoms with Gasteiger partial charge < -0.3 is 9.80 Å².